The molecule has 0 aromatic heterocycles. The Morgan fingerprint density at radius 1 is 1.07 bits per heavy atom. The Morgan fingerprint density at radius 2 is 1.36 bits per heavy atom. The molecule has 0 spiro atoms. The molecule has 0 radical (unpaired) electrons. The highest BCUT2D eigenvalue weighted by Crippen LogP contribution is 2.47. The summed E-state index contributed by atoms with van der Waals surface area (Å²) >= 11 is 0. The van der Waals surface area contributed by atoms with Crippen molar-refractivity contribution in [2.45, 2.75) is 13.8 Å². The molecule has 4 nitrogen and oxygen atoms in total. The second-order valence-electron chi connectivity index (χ2n) is 2.60. The Balaban J connectivity index is 4.05. The van der Waals surface area contributed by atoms with Crippen molar-refractivity contribution in [3.63, 3.8) is 0 Å². The van der Waals surface area contributed by atoms with E-state index in [9.17, 15) is 9.59 Å². The van der Waals surface area contributed by atoms with Gasteiger partial charge >= 0.3 is 20.0 Å². The molecule has 78 valence electrons. The molecule has 0 N–H and O–H groups in total. The van der Waals surface area contributed by atoms with Gasteiger partial charge in [0.2, 0.25) is 0 Å². The van der Waals surface area contributed by atoms with Gasteiger partial charge in [0.1, 0.15) is 0 Å². The largest absolute Gasteiger partial charge is 0.400 e. The molecule has 0 aliphatic heterocycles. The fourth-order valence-corrected chi connectivity index (χ4v) is 1.59. The Bertz CT molecular complexity index is 257. The second kappa shape index (κ2) is 5.90. The van der Waals surface area contributed by atoms with Crippen LogP contribution < -0.4 is 0 Å². The molecule has 0 rings (SSSR count). The first-order chi connectivity index (χ1) is 6.34. The average Bonchev–Trinajstić information content (AvgIpc) is 2.03. The lowest BCUT2D eigenvalue weighted by molar-refractivity contribution is -0.132. The summed E-state index contributed by atoms with van der Waals surface area (Å²) in [6, 6.07) is 0. The maximum Gasteiger partial charge on any atom is 0.338 e. The first-order valence-electron chi connectivity index (χ1n) is 3.65. The molecule has 0 aliphatic carbocycles. The van der Waals surface area contributed by atoms with Gasteiger partial charge in [-0.1, -0.05) is 13.2 Å². The molecule has 1 unspecified atom stereocenters. The van der Waals surface area contributed by atoms with Gasteiger partial charge in [0, 0.05) is 11.1 Å². The zero-order chi connectivity index (χ0) is 11.3. The van der Waals surface area contributed by atoms with Gasteiger partial charge in [0.05, 0.1) is 0 Å². The zero-order valence-corrected chi connectivity index (χ0v) is 10.1. The van der Waals surface area contributed by atoms with Gasteiger partial charge in [0.15, 0.2) is 0 Å². The topological polar surface area (TPSA) is 52.6 Å². The average molecular weight is 234 g/mol. The minimum Gasteiger partial charge on any atom is -0.400 e. The molecule has 0 saturated carbocycles. The van der Waals surface area contributed by atoms with Crippen LogP contribution in [-0.2, 0) is 18.6 Å². The van der Waals surface area contributed by atoms with E-state index in [1.165, 1.54) is 13.8 Å². The molecule has 1 atom stereocenters. The molecule has 0 heterocycles. The lowest BCUT2D eigenvalue weighted by Gasteiger charge is -2.11. The Hall–Kier alpha value is -0.720. The van der Waals surface area contributed by atoms with Gasteiger partial charge in [-0.3, -0.25) is 0 Å². The van der Waals surface area contributed by atoms with Crippen molar-refractivity contribution < 1.29 is 18.6 Å². The molecular weight excluding hydrogens is 222 g/mol. The fourth-order valence-electron chi connectivity index (χ4n) is 0.338. The molecular formula is C8H12O4P2. The Morgan fingerprint density at radius 3 is 1.57 bits per heavy atom. The van der Waals surface area contributed by atoms with Crippen LogP contribution in [0.5, 0.6) is 0 Å². The maximum atomic E-state index is 11.0. The number of rotatable bonds is 4. The van der Waals surface area contributed by atoms with Crippen LogP contribution >= 0.6 is 17.0 Å². The van der Waals surface area contributed by atoms with E-state index >= 15 is 0 Å². The minimum absolute atomic E-state index is 0.256. The summed E-state index contributed by atoms with van der Waals surface area (Å²) in [6.45, 7) is 9.80. The molecule has 0 aromatic rings. The predicted octanol–water partition coefficient (Wildman–Crippen LogP) is 2.33. The van der Waals surface area contributed by atoms with E-state index in [1.54, 1.807) is 0 Å². The van der Waals surface area contributed by atoms with E-state index in [0.29, 0.717) is 0 Å². The van der Waals surface area contributed by atoms with Crippen molar-refractivity contribution >= 4 is 28.9 Å². The summed E-state index contributed by atoms with van der Waals surface area (Å²) in [5.41, 5.74) is 0.512. The van der Waals surface area contributed by atoms with E-state index in [1.807, 2.05) is 0 Å². The van der Waals surface area contributed by atoms with Crippen molar-refractivity contribution in [1.29, 1.82) is 0 Å². The summed E-state index contributed by atoms with van der Waals surface area (Å²) in [4.78, 5) is 21.9. The summed E-state index contributed by atoms with van der Waals surface area (Å²) in [5.74, 6) is -1.17. The van der Waals surface area contributed by atoms with Crippen molar-refractivity contribution in [1.82, 2.24) is 0 Å². The van der Waals surface area contributed by atoms with Gasteiger partial charge < -0.3 is 9.05 Å². The minimum atomic E-state index is -1.63. The van der Waals surface area contributed by atoms with Crippen molar-refractivity contribution in [3.8, 4) is 0 Å². The smallest absolute Gasteiger partial charge is 0.338 e. The van der Waals surface area contributed by atoms with Gasteiger partial charge in [-0.25, -0.2) is 9.59 Å². The first kappa shape index (κ1) is 13.3. The molecule has 0 amide bonds. The molecule has 6 heteroatoms. The van der Waals surface area contributed by atoms with E-state index in [-0.39, 0.29) is 11.1 Å². The maximum absolute atomic E-state index is 11.0. The van der Waals surface area contributed by atoms with Crippen LogP contribution in [0.1, 0.15) is 13.8 Å². The van der Waals surface area contributed by atoms with Crippen LogP contribution in [0.3, 0.4) is 0 Å². The van der Waals surface area contributed by atoms with E-state index in [4.69, 9.17) is 9.05 Å². The zero-order valence-electron chi connectivity index (χ0n) is 8.07. The Kier molecular flexibility index (Phi) is 5.59. The third kappa shape index (κ3) is 5.11. The third-order valence-corrected chi connectivity index (χ3v) is 2.37. The molecule has 0 fully saturated rings. The lowest BCUT2D eigenvalue weighted by atomic mass is 10.4. The molecule has 0 aliphatic rings. The molecule has 0 aromatic carbocycles. The van der Waals surface area contributed by atoms with E-state index < -0.39 is 20.0 Å². The van der Waals surface area contributed by atoms with Gasteiger partial charge in [0.25, 0.3) is 0 Å². The van der Waals surface area contributed by atoms with Crippen molar-refractivity contribution in [2.75, 3.05) is 0 Å². The quantitative estimate of drug-likeness (QED) is 0.553. The monoisotopic (exact) mass is 234 g/mol. The van der Waals surface area contributed by atoms with Gasteiger partial charge in [-0.15, -0.1) is 0 Å². The summed E-state index contributed by atoms with van der Waals surface area (Å²) in [7, 11) is 0.505. The van der Waals surface area contributed by atoms with Crippen LogP contribution in [0.4, 0.5) is 0 Å². The first-order valence-corrected chi connectivity index (χ1v) is 6.44. The third-order valence-electron chi connectivity index (χ3n) is 1.04. The predicted molar refractivity (Wildman–Crippen MR) is 58.4 cm³/mol. The highest BCUT2D eigenvalue weighted by molar-refractivity contribution is 8.08. The Labute approximate surface area is 86.4 Å². The summed E-state index contributed by atoms with van der Waals surface area (Å²) in [5, 5.41) is 0. The van der Waals surface area contributed by atoms with Gasteiger partial charge in [-0.2, -0.15) is 0 Å². The van der Waals surface area contributed by atoms with Crippen LogP contribution in [0.2, 0.25) is 0 Å². The highest BCUT2D eigenvalue weighted by atomic mass is 32.0. The van der Waals surface area contributed by atoms with Crippen molar-refractivity contribution in [3.05, 3.63) is 24.3 Å². The standard InChI is InChI=1S/C8H12O4P2/c1-5(2)7(9)11-14(13)12-8(10)6(3)4/h1,3,13H2,2,4H3. The molecule has 0 saturated heterocycles. The lowest BCUT2D eigenvalue weighted by Crippen LogP contribution is -2.04. The molecule has 0 bridgehead atoms. The van der Waals surface area contributed by atoms with Crippen LogP contribution in [0.25, 0.3) is 0 Å². The van der Waals surface area contributed by atoms with E-state index in [0.717, 1.165) is 0 Å². The highest BCUT2D eigenvalue weighted by Gasteiger charge is 2.16. The van der Waals surface area contributed by atoms with Crippen LogP contribution in [-0.4, -0.2) is 11.9 Å². The van der Waals surface area contributed by atoms with E-state index in [2.05, 4.69) is 22.1 Å². The number of carbonyl (C=O) groups is 2. The number of hydrogen-bond donors (Lipinski definition) is 0. The fraction of sp³-hybridized carbons (Fsp3) is 0.250. The van der Waals surface area contributed by atoms with Crippen LogP contribution in [0, 0.1) is 0 Å². The second-order valence-corrected chi connectivity index (χ2v) is 4.80. The number of hydrogen-bond acceptors (Lipinski definition) is 4. The van der Waals surface area contributed by atoms with Gasteiger partial charge in [-0.05, 0) is 22.8 Å². The number of carbonyl (C=O) groups excluding carboxylic acids is 2. The normalized spacial score (nSPS) is 9.43. The van der Waals surface area contributed by atoms with Crippen molar-refractivity contribution in [2.24, 2.45) is 0 Å². The van der Waals surface area contributed by atoms with Crippen LogP contribution in [0.15, 0.2) is 24.3 Å². The molecule has 14 heavy (non-hydrogen) atoms. The summed E-state index contributed by atoms with van der Waals surface area (Å²) < 4.78 is 9.48. The SMILES string of the molecule is C=C(C)C(=O)OP(P)OC(=O)C(=C)C. The summed E-state index contributed by atoms with van der Waals surface area (Å²) in [6.07, 6.45) is 0.